The molecule has 170 valence electrons. The maximum absolute atomic E-state index is 11.8. The lowest BCUT2D eigenvalue weighted by atomic mass is 10.2. The van der Waals surface area contributed by atoms with Crippen LogP contribution in [0.4, 0.5) is 0 Å². The zero-order chi connectivity index (χ0) is 23.2. The smallest absolute Gasteiger partial charge is 0.192 e. The Morgan fingerprint density at radius 1 is 0.727 bits per heavy atom. The van der Waals surface area contributed by atoms with Gasteiger partial charge in [-0.2, -0.15) is 0 Å². The summed E-state index contributed by atoms with van der Waals surface area (Å²) in [7, 11) is 0. The average molecular weight is 506 g/mol. The highest BCUT2D eigenvalue weighted by molar-refractivity contribution is 6.35. The Morgan fingerprint density at radius 3 is 2.24 bits per heavy atom. The zero-order valence-corrected chi connectivity index (χ0v) is 19.6. The van der Waals surface area contributed by atoms with Gasteiger partial charge in [-0.05, 0) is 55.3 Å². The molecular formula is C25H19Cl3O5. The molecule has 3 aromatic carbocycles. The van der Waals surface area contributed by atoms with E-state index in [0.717, 1.165) is 12.8 Å². The molecule has 4 rings (SSSR count). The summed E-state index contributed by atoms with van der Waals surface area (Å²) in [6, 6.07) is 16.7. The third-order valence-corrected chi connectivity index (χ3v) is 5.48. The van der Waals surface area contributed by atoms with Gasteiger partial charge in [0.05, 0.1) is 29.9 Å². The van der Waals surface area contributed by atoms with Crippen molar-refractivity contribution in [3.63, 3.8) is 0 Å². The highest BCUT2D eigenvalue weighted by Crippen LogP contribution is 2.37. The van der Waals surface area contributed by atoms with Gasteiger partial charge >= 0.3 is 0 Å². The third-order valence-electron chi connectivity index (χ3n) is 4.72. The fourth-order valence-electron chi connectivity index (χ4n) is 3.08. The first kappa shape index (κ1) is 23.3. The molecule has 33 heavy (non-hydrogen) atoms. The number of ether oxygens (including phenoxy) is 3. The summed E-state index contributed by atoms with van der Waals surface area (Å²) in [6.07, 6.45) is 2.88. The van der Waals surface area contributed by atoms with Crippen molar-refractivity contribution in [2.75, 3.05) is 13.2 Å². The van der Waals surface area contributed by atoms with Crippen LogP contribution in [0.25, 0.3) is 11.0 Å². The van der Waals surface area contributed by atoms with Gasteiger partial charge in [0.25, 0.3) is 0 Å². The molecule has 0 fully saturated rings. The van der Waals surface area contributed by atoms with Gasteiger partial charge in [-0.1, -0.05) is 34.8 Å². The van der Waals surface area contributed by atoms with Crippen molar-refractivity contribution < 1.29 is 18.6 Å². The number of hydrogen-bond acceptors (Lipinski definition) is 5. The SMILES string of the molecule is O=c1ccoc2cc(OCCCCOc3cc(Cl)ccc3Oc3ccc(Cl)cc3Cl)ccc12. The molecule has 1 heterocycles. The van der Waals surface area contributed by atoms with Crippen molar-refractivity contribution in [2.45, 2.75) is 12.8 Å². The molecule has 8 heteroatoms. The van der Waals surface area contributed by atoms with Crippen molar-refractivity contribution in [3.05, 3.63) is 92.2 Å². The average Bonchev–Trinajstić information content (AvgIpc) is 2.79. The molecule has 0 aliphatic carbocycles. The summed E-state index contributed by atoms with van der Waals surface area (Å²) in [5, 5.41) is 1.98. The van der Waals surface area contributed by atoms with Gasteiger partial charge in [0.2, 0.25) is 0 Å². The number of halogens is 3. The summed E-state index contributed by atoms with van der Waals surface area (Å²) in [5.41, 5.74) is 0.417. The second kappa shape index (κ2) is 10.8. The van der Waals surface area contributed by atoms with E-state index in [1.54, 1.807) is 54.6 Å². The maximum Gasteiger partial charge on any atom is 0.192 e. The topological polar surface area (TPSA) is 57.9 Å². The van der Waals surface area contributed by atoms with Crippen LogP contribution >= 0.6 is 34.8 Å². The van der Waals surface area contributed by atoms with E-state index in [4.69, 9.17) is 53.4 Å². The minimum absolute atomic E-state index is 0.0809. The first-order chi connectivity index (χ1) is 16.0. The van der Waals surface area contributed by atoms with Crippen molar-refractivity contribution >= 4 is 45.8 Å². The number of fused-ring (bicyclic) bond motifs is 1. The van der Waals surface area contributed by atoms with E-state index in [1.165, 1.54) is 12.3 Å². The molecule has 0 bridgehead atoms. The van der Waals surface area contributed by atoms with Crippen molar-refractivity contribution in [3.8, 4) is 23.0 Å². The molecule has 0 aliphatic heterocycles. The fraction of sp³-hybridized carbons (Fsp3) is 0.160. The molecule has 5 nitrogen and oxygen atoms in total. The Kier molecular flexibility index (Phi) is 7.65. The summed E-state index contributed by atoms with van der Waals surface area (Å²) < 4.78 is 22.9. The first-order valence-electron chi connectivity index (χ1n) is 10.2. The minimum Gasteiger partial charge on any atom is -0.493 e. The number of rotatable bonds is 9. The molecule has 0 saturated heterocycles. The van der Waals surface area contributed by atoms with Crippen LogP contribution in [0.3, 0.4) is 0 Å². The molecule has 1 aromatic heterocycles. The quantitative estimate of drug-likeness (QED) is 0.217. The highest BCUT2D eigenvalue weighted by Gasteiger charge is 2.11. The van der Waals surface area contributed by atoms with Gasteiger partial charge in [-0.3, -0.25) is 4.79 Å². The second-order valence-corrected chi connectivity index (χ2v) is 8.39. The van der Waals surface area contributed by atoms with Crippen LogP contribution in [-0.4, -0.2) is 13.2 Å². The largest absolute Gasteiger partial charge is 0.493 e. The Hall–Kier alpha value is -2.86. The monoisotopic (exact) mass is 504 g/mol. The van der Waals surface area contributed by atoms with E-state index in [9.17, 15) is 4.79 Å². The Bertz CT molecular complexity index is 1320. The maximum atomic E-state index is 11.8. The van der Waals surface area contributed by atoms with Crippen molar-refractivity contribution in [2.24, 2.45) is 0 Å². The molecule has 0 amide bonds. The van der Waals surface area contributed by atoms with Crippen LogP contribution in [0.15, 0.2) is 76.1 Å². The van der Waals surface area contributed by atoms with Crippen LogP contribution in [0, 0.1) is 0 Å². The Labute approximate surface area is 205 Å². The van der Waals surface area contributed by atoms with E-state index >= 15 is 0 Å². The summed E-state index contributed by atoms with van der Waals surface area (Å²) in [6.45, 7) is 0.937. The standard InChI is InChI=1S/C25H19Cl3O5/c26-16-3-7-22(20(28)13-16)33-23-8-4-17(27)14-25(23)31-11-2-1-10-30-18-5-6-19-21(29)9-12-32-24(19)15-18/h3-9,12-15H,1-2,10-11H2. The fourth-order valence-corrected chi connectivity index (χ4v) is 3.69. The number of hydrogen-bond donors (Lipinski definition) is 0. The van der Waals surface area contributed by atoms with Crippen LogP contribution in [0.1, 0.15) is 12.8 Å². The normalized spacial score (nSPS) is 10.9. The predicted molar refractivity (Wildman–Crippen MR) is 131 cm³/mol. The summed E-state index contributed by atoms with van der Waals surface area (Å²) in [5.74, 6) is 2.12. The predicted octanol–water partition coefficient (Wildman–Crippen LogP) is 7.78. The summed E-state index contributed by atoms with van der Waals surface area (Å²) >= 11 is 18.3. The van der Waals surface area contributed by atoms with Gasteiger partial charge in [-0.15, -0.1) is 0 Å². The van der Waals surface area contributed by atoms with Gasteiger partial charge < -0.3 is 18.6 Å². The molecule has 0 radical (unpaired) electrons. The molecule has 4 aromatic rings. The molecule has 0 N–H and O–H groups in total. The molecule has 0 saturated carbocycles. The Morgan fingerprint density at radius 2 is 1.45 bits per heavy atom. The minimum atomic E-state index is -0.0809. The number of unbranched alkanes of at least 4 members (excludes halogenated alkanes) is 1. The molecule has 0 atom stereocenters. The third kappa shape index (κ3) is 6.14. The second-order valence-electron chi connectivity index (χ2n) is 7.11. The lowest BCUT2D eigenvalue weighted by Crippen LogP contribution is -2.04. The van der Waals surface area contributed by atoms with E-state index < -0.39 is 0 Å². The first-order valence-corrected chi connectivity index (χ1v) is 11.3. The molecule has 0 unspecified atom stereocenters. The lowest BCUT2D eigenvalue weighted by Gasteiger charge is -2.14. The Balaban J connectivity index is 1.29. The van der Waals surface area contributed by atoms with E-state index in [2.05, 4.69) is 0 Å². The van der Waals surface area contributed by atoms with Crippen LogP contribution in [0.5, 0.6) is 23.0 Å². The number of benzene rings is 3. The lowest BCUT2D eigenvalue weighted by molar-refractivity contribution is 0.261. The van der Waals surface area contributed by atoms with Crippen LogP contribution in [-0.2, 0) is 0 Å². The molecule has 0 aliphatic rings. The van der Waals surface area contributed by atoms with Crippen LogP contribution in [0.2, 0.25) is 15.1 Å². The van der Waals surface area contributed by atoms with Gasteiger partial charge in [0, 0.05) is 28.2 Å². The van der Waals surface area contributed by atoms with E-state index in [-0.39, 0.29) is 5.43 Å². The van der Waals surface area contributed by atoms with E-state index in [1.807, 2.05) is 0 Å². The van der Waals surface area contributed by atoms with Gasteiger partial charge in [0.15, 0.2) is 16.9 Å². The molecular weight excluding hydrogens is 487 g/mol. The van der Waals surface area contributed by atoms with Crippen molar-refractivity contribution in [1.29, 1.82) is 0 Å². The zero-order valence-electron chi connectivity index (χ0n) is 17.4. The van der Waals surface area contributed by atoms with Crippen LogP contribution < -0.4 is 19.6 Å². The van der Waals surface area contributed by atoms with Gasteiger partial charge in [0.1, 0.15) is 17.1 Å². The summed E-state index contributed by atoms with van der Waals surface area (Å²) in [4.78, 5) is 11.8. The molecule has 0 spiro atoms. The van der Waals surface area contributed by atoms with E-state index in [0.29, 0.717) is 62.2 Å². The van der Waals surface area contributed by atoms with Gasteiger partial charge in [-0.25, -0.2) is 0 Å². The van der Waals surface area contributed by atoms with Crippen molar-refractivity contribution in [1.82, 2.24) is 0 Å². The highest BCUT2D eigenvalue weighted by atomic mass is 35.5.